The summed E-state index contributed by atoms with van der Waals surface area (Å²) in [5, 5.41) is 3.59. The molecule has 0 bridgehead atoms. The van der Waals surface area contributed by atoms with Crippen LogP contribution in [0.1, 0.15) is 12.5 Å². The SMILES string of the molecule is COc1cccc2[nH]c(=O)n(C3CCNC3)c(=O)c12. The average Bonchev–Trinajstić information content (AvgIpc) is 2.91. The molecule has 0 saturated carbocycles. The Hall–Kier alpha value is -2.08. The van der Waals surface area contributed by atoms with Crippen molar-refractivity contribution in [2.75, 3.05) is 20.2 Å². The van der Waals surface area contributed by atoms with Gasteiger partial charge in [0.05, 0.1) is 18.7 Å². The molecule has 3 rings (SSSR count). The van der Waals surface area contributed by atoms with Gasteiger partial charge >= 0.3 is 5.69 Å². The van der Waals surface area contributed by atoms with Crippen LogP contribution in [0.25, 0.3) is 10.9 Å². The lowest BCUT2D eigenvalue weighted by Gasteiger charge is -2.13. The number of aromatic nitrogens is 2. The van der Waals surface area contributed by atoms with Crippen molar-refractivity contribution in [2.24, 2.45) is 0 Å². The third-order valence-corrected chi connectivity index (χ3v) is 3.54. The number of ether oxygens (including phenoxy) is 1. The van der Waals surface area contributed by atoms with E-state index in [1.54, 1.807) is 18.2 Å². The van der Waals surface area contributed by atoms with Gasteiger partial charge in [-0.05, 0) is 25.1 Å². The maximum absolute atomic E-state index is 12.6. The maximum Gasteiger partial charge on any atom is 0.329 e. The van der Waals surface area contributed by atoms with Gasteiger partial charge in [0.2, 0.25) is 0 Å². The van der Waals surface area contributed by atoms with Crippen LogP contribution in [0.3, 0.4) is 0 Å². The molecule has 6 heteroatoms. The highest BCUT2D eigenvalue weighted by atomic mass is 16.5. The summed E-state index contributed by atoms with van der Waals surface area (Å²) < 4.78 is 6.51. The average molecular weight is 261 g/mol. The summed E-state index contributed by atoms with van der Waals surface area (Å²) in [4.78, 5) is 27.4. The summed E-state index contributed by atoms with van der Waals surface area (Å²) in [6.45, 7) is 1.46. The van der Waals surface area contributed by atoms with E-state index in [4.69, 9.17) is 4.74 Å². The van der Waals surface area contributed by atoms with Gasteiger partial charge in [-0.3, -0.25) is 9.36 Å². The van der Waals surface area contributed by atoms with Crippen LogP contribution >= 0.6 is 0 Å². The van der Waals surface area contributed by atoms with Gasteiger partial charge in [-0.25, -0.2) is 4.79 Å². The van der Waals surface area contributed by atoms with E-state index in [1.165, 1.54) is 11.7 Å². The Morgan fingerprint density at radius 1 is 1.37 bits per heavy atom. The molecule has 1 aliphatic rings. The van der Waals surface area contributed by atoms with Crippen molar-refractivity contribution in [1.29, 1.82) is 0 Å². The third kappa shape index (κ3) is 1.84. The van der Waals surface area contributed by atoms with E-state index in [0.717, 1.165) is 13.0 Å². The highest BCUT2D eigenvalue weighted by Gasteiger charge is 2.22. The Balaban J connectivity index is 2.34. The van der Waals surface area contributed by atoms with Gasteiger partial charge in [0.1, 0.15) is 11.1 Å². The first-order chi connectivity index (χ1) is 9.22. The van der Waals surface area contributed by atoms with Crippen molar-refractivity contribution in [1.82, 2.24) is 14.9 Å². The molecule has 2 N–H and O–H groups in total. The lowest BCUT2D eigenvalue weighted by atomic mass is 10.2. The van der Waals surface area contributed by atoms with E-state index in [0.29, 0.717) is 23.2 Å². The number of hydrogen-bond acceptors (Lipinski definition) is 4. The van der Waals surface area contributed by atoms with Crippen molar-refractivity contribution in [3.63, 3.8) is 0 Å². The monoisotopic (exact) mass is 261 g/mol. The second-order valence-corrected chi connectivity index (χ2v) is 4.63. The van der Waals surface area contributed by atoms with Crippen LogP contribution in [-0.4, -0.2) is 29.8 Å². The molecule has 0 radical (unpaired) electrons. The number of methoxy groups -OCH3 is 1. The predicted octanol–water partition coefficient (Wildman–Crippen LogP) is 0.233. The molecular formula is C13H15N3O3. The minimum atomic E-state index is -0.362. The minimum Gasteiger partial charge on any atom is -0.496 e. The Bertz CT molecular complexity index is 726. The van der Waals surface area contributed by atoms with Crippen LogP contribution in [0, 0.1) is 0 Å². The van der Waals surface area contributed by atoms with E-state index >= 15 is 0 Å². The molecule has 19 heavy (non-hydrogen) atoms. The maximum atomic E-state index is 12.6. The molecular weight excluding hydrogens is 246 g/mol. The standard InChI is InChI=1S/C13H15N3O3/c1-19-10-4-2-3-9-11(10)12(17)16(13(18)15-9)8-5-6-14-7-8/h2-4,8,14H,5-7H2,1H3,(H,15,18). The molecule has 1 unspecified atom stereocenters. The van der Waals surface area contributed by atoms with Crippen LogP contribution in [-0.2, 0) is 0 Å². The number of benzene rings is 1. The van der Waals surface area contributed by atoms with Gasteiger partial charge in [0, 0.05) is 6.54 Å². The lowest BCUT2D eigenvalue weighted by Crippen LogP contribution is -2.38. The second kappa shape index (κ2) is 4.55. The molecule has 1 aromatic heterocycles. The first kappa shape index (κ1) is 12.0. The zero-order valence-corrected chi connectivity index (χ0v) is 10.6. The summed E-state index contributed by atoms with van der Waals surface area (Å²) in [5.74, 6) is 0.485. The van der Waals surface area contributed by atoms with Crippen LogP contribution in [0.15, 0.2) is 27.8 Å². The molecule has 0 aliphatic carbocycles. The quantitative estimate of drug-likeness (QED) is 0.811. The molecule has 1 fully saturated rings. The second-order valence-electron chi connectivity index (χ2n) is 4.63. The van der Waals surface area contributed by atoms with Crippen molar-refractivity contribution in [2.45, 2.75) is 12.5 Å². The normalized spacial score (nSPS) is 18.9. The molecule has 1 aromatic carbocycles. The Morgan fingerprint density at radius 2 is 2.21 bits per heavy atom. The Labute approximate surface area is 109 Å². The third-order valence-electron chi connectivity index (χ3n) is 3.54. The molecule has 0 spiro atoms. The summed E-state index contributed by atoms with van der Waals surface area (Å²) in [6, 6.07) is 5.08. The van der Waals surface area contributed by atoms with Gasteiger partial charge < -0.3 is 15.0 Å². The minimum absolute atomic E-state index is 0.0921. The number of nitrogens with zero attached hydrogens (tertiary/aromatic N) is 1. The first-order valence-electron chi connectivity index (χ1n) is 6.24. The van der Waals surface area contributed by atoms with E-state index in [2.05, 4.69) is 10.3 Å². The number of fused-ring (bicyclic) bond motifs is 1. The number of H-pyrrole nitrogens is 1. The molecule has 6 nitrogen and oxygen atoms in total. The predicted molar refractivity (Wildman–Crippen MR) is 71.9 cm³/mol. The van der Waals surface area contributed by atoms with E-state index in [-0.39, 0.29) is 17.3 Å². The van der Waals surface area contributed by atoms with E-state index < -0.39 is 0 Å². The first-order valence-corrected chi connectivity index (χ1v) is 6.24. The van der Waals surface area contributed by atoms with Crippen molar-refractivity contribution < 1.29 is 4.74 Å². The molecule has 0 amide bonds. The van der Waals surface area contributed by atoms with Gasteiger partial charge in [0.15, 0.2) is 0 Å². The van der Waals surface area contributed by atoms with Crippen molar-refractivity contribution >= 4 is 10.9 Å². The number of rotatable bonds is 2. The zero-order chi connectivity index (χ0) is 13.4. The van der Waals surface area contributed by atoms with Gasteiger partial charge in [-0.2, -0.15) is 0 Å². The smallest absolute Gasteiger partial charge is 0.329 e. The van der Waals surface area contributed by atoms with E-state index in [9.17, 15) is 9.59 Å². The van der Waals surface area contributed by atoms with Gasteiger partial charge in [-0.1, -0.05) is 6.07 Å². The molecule has 2 aromatic rings. The largest absolute Gasteiger partial charge is 0.496 e. The topological polar surface area (TPSA) is 76.1 Å². The van der Waals surface area contributed by atoms with Gasteiger partial charge in [-0.15, -0.1) is 0 Å². The van der Waals surface area contributed by atoms with Crippen LogP contribution in [0.4, 0.5) is 0 Å². The number of nitrogens with one attached hydrogen (secondary N) is 2. The lowest BCUT2D eigenvalue weighted by molar-refractivity contribution is 0.418. The van der Waals surface area contributed by atoms with Crippen molar-refractivity contribution in [3.8, 4) is 5.75 Å². The molecule has 2 heterocycles. The highest BCUT2D eigenvalue weighted by Crippen LogP contribution is 2.20. The molecule has 1 aliphatic heterocycles. The molecule has 1 saturated heterocycles. The number of hydrogen-bond donors (Lipinski definition) is 2. The Morgan fingerprint density at radius 3 is 2.89 bits per heavy atom. The highest BCUT2D eigenvalue weighted by molar-refractivity contribution is 5.83. The van der Waals surface area contributed by atoms with Crippen molar-refractivity contribution in [3.05, 3.63) is 39.0 Å². The zero-order valence-electron chi connectivity index (χ0n) is 10.6. The fourth-order valence-electron chi connectivity index (χ4n) is 2.61. The molecule has 1 atom stereocenters. The summed E-state index contributed by atoms with van der Waals surface area (Å²) in [5.41, 5.74) is -0.138. The molecule has 100 valence electrons. The van der Waals surface area contributed by atoms with E-state index in [1.807, 2.05) is 0 Å². The van der Waals surface area contributed by atoms with Crippen LogP contribution in [0.5, 0.6) is 5.75 Å². The van der Waals surface area contributed by atoms with Crippen LogP contribution < -0.4 is 21.3 Å². The van der Waals surface area contributed by atoms with Gasteiger partial charge in [0.25, 0.3) is 5.56 Å². The fourth-order valence-corrected chi connectivity index (χ4v) is 2.61. The van der Waals surface area contributed by atoms with Crippen LogP contribution in [0.2, 0.25) is 0 Å². The summed E-state index contributed by atoms with van der Waals surface area (Å²) in [7, 11) is 1.51. The summed E-state index contributed by atoms with van der Waals surface area (Å²) in [6.07, 6.45) is 0.781. The summed E-state index contributed by atoms with van der Waals surface area (Å²) >= 11 is 0. The Kier molecular flexibility index (Phi) is 2.87. The fraction of sp³-hybridized carbons (Fsp3) is 0.385. The number of aromatic amines is 1.